The third kappa shape index (κ3) is 4.31. The summed E-state index contributed by atoms with van der Waals surface area (Å²) in [5.41, 5.74) is 4.73. The van der Waals surface area contributed by atoms with Crippen LogP contribution in [0.5, 0.6) is 0 Å². The van der Waals surface area contributed by atoms with Gasteiger partial charge < -0.3 is 9.84 Å². The van der Waals surface area contributed by atoms with Crippen LogP contribution in [0.15, 0.2) is 77.0 Å². The maximum absolute atomic E-state index is 14.4. The number of urea groups is 1. The van der Waals surface area contributed by atoms with Crippen LogP contribution in [0.2, 0.25) is 5.02 Å². The number of hydrogen-bond donors (Lipinski definition) is 1. The number of halogens is 2. The van der Waals surface area contributed by atoms with Gasteiger partial charge in [0.05, 0.1) is 17.3 Å². The molecule has 0 saturated carbocycles. The van der Waals surface area contributed by atoms with E-state index in [0.29, 0.717) is 33.4 Å². The summed E-state index contributed by atoms with van der Waals surface area (Å²) in [7, 11) is 0. The van der Waals surface area contributed by atoms with E-state index in [0.717, 1.165) is 16.7 Å². The van der Waals surface area contributed by atoms with Gasteiger partial charge in [0.25, 0.3) is 5.89 Å². The third-order valence-corrected chi connectivity index (χ3v) is 6.29. The van der Waals surface area contributed by atoms with Crippen molar-refractivity contribution in [2.45, 2.75) is 26.8 Å². The number of nitrogens with one attached hydrogen (secondary N) is 1. The lowest BCUT2D eigenvalue weighted by Crippen LogP contribution is -2.46. The molecule has 1 aliphatic rings. The highest BCUT2D eigenvalue weighted by molar-refractivity contribution is 6.30. The zero-order valence-corrected chi connectivity index (χ0v) is 20.1. The van der Waals surface area contributed by atoms with Crippen molar-refractivity contribution < 1.29 is 13.7 Å². The van der Waals surface area contributed by atoms with Gasteiger partial charge in [0.1, 0.15) is 5.82 Å². The number of carbonyl (C=O) groups excluding carboxylic acids is 1. The molecule has 8 heteroatoms. The first kappa shape index (κ1) is 22.8. The van der Waals surface area contributed by atoms with E-state index in [2.05, 4.69) is 15.5 Å². The van der Waals surface area contributed by atoms with Gasteiger partial charge in [0.2, 0.25) is 5.82 Å². The summed E-state index contributed by atoms with van der Waals surface area (Å²) in [5, 5.41) is 7.78. The molecule has 1 unspecified atom stereocenters. The number of nitrogens with zero attached hydrogens (tertiary/aromatic N) is 3. The second-order valence-electron chi connectivity index (χ2n) is 8.49. The first-order valence-corrected chi connectivity index (χ1v) is 11.4. The Morgan fingerprint density at radius 2 is 1.80 bits per heavy atom. The highest BCUT2D eigenvalue weighted by Gasteiger charge is 2.36. The molecule has 3 aromatic carbocycles. The van der Waals surface area contributed by atoms with Crippen LogP contribution in [0, 0.1) is 19.7 Å². The van der Waals surface area contributed by atoms with E-state index in [1.165, 1.54) is 11.0 Å². The van der Waals surface area contributed by atoms with Crippen molar-refractivity contribution in [2.75, 3.05) is 4.90 Å². The highest BCUT2D eigenvalue weighted by Crippen LogP contribution is 2.39. The van der Waals surface area contributed by atoms with Gasteiger partial charge in [-0.2, -0.15) is 4.98 Å². The van der Waals surface area contributed by atoms with Crippen LogP contribution in [0.25, 0.3) is 17.0 Å². The van der Waals surface area contributed by atoms with E-state index < -0.39 is 17.9 Å². The van der Waals surface area contributed by atoms with Gasteiger partial charge in [-0.25, -0.2) is 9.18 Å². The summed E-state index contributed by atoms with van der Waals surface area (Å²) >= 11 is 6.09. The average molecular weight is 489 g/mol. The number of hydrogen-bond acceptors (Lipinski definition) is 4. The molecule has 0 bridgehead atoms. The molecule has 0 spiro atoms. The van der Waals surface area contributed by atoms with Crippen molar-refractivity contribution in [1.29, 1.82) is 0 Å². The Hall–Kier alpha value is -3.97. The van der Waals surface area contributed by atoms with E-state index in [-0.39, 0.29) is 5.89 Å². The van der Waals surface area contributed by atoms with E-state index >= 15 is 0 Å². The van der Waals surface area contributed by atoms with E-state index in [1.807, 2.05) is 43.3 Å². The van der Waals surface area contributed by atoms with Crippen LogP contribution < -0.4 is 10.2 Å². The predicted octanol–water partition coefficient (Wildman–Crippen LogP) is 6.85. The molecule has 1 aliphatic heterocycles. The standard InChI is InChI=1S/C27H22ClFN4O2/c1-15-5-4-6-19(13-15)25-31-26(35-32-25)23-17(3)33(21-12-7-16(2)22(29)14-21)27(34)30-24(23)18-8-10-20(28)11-9-18/h4-14,24H,1-3H3,(H,30,34). The monoisotopic (exact) mass is 488 g/mol. The molecule has 2 heterocycles. The van der Waals surface area contributed by atoms with Crippen LogP contribution >= 0.6 is 11.6 Å². The Kier molecular flexibility index (Phi) is 5.86. The maximum Gasteiger partial charge on any atom is 0.327 e. The van der Waals surface area contributed by atoms with Crippen LogP contribution in [-0.2, 0) is 0 Å². The molecule has 0 radical (unpaired) electrons. The van der Waals surface area contributed by atoms with Crippen LogP contribution in [0.1, 0.15) is 35.5 Å². The summed E-state index contributed by atoms with van der Waals surface area (Å²) in [6, 6.07) is 18.7. The van der Waals surface area contributed by atoms with Gasteiger partial charge in [-0.15, -0.1) is 0 Å². The van der Waals surface area contributed by atoms with Crippen molar-refractivity contribution >= 4 is 28.9 Å². The third-order valence-electron chi connectivity index (χ3n) is 6.03. The quantitative estimate of drug-likeness (QED) is 0.341. The number of carbonyl (C=O) groups is 1. The molecule has 6 nitrogen and oxygen atoms in total. The van der Waals surface area contributed by atoms with Crippen molar-refractivity contribution in [1.82, 2.24) is 15.5 Å². The van der Waals surface area contributed by atoms with Crippen molar-refractivity contribution in [3.05, 3.63) is 106 Å². The number of rotatable bonds is 4. The Morgan fingerprint density at radius 1 is 1.03 bits per heavy atom. The number of aryl methyl sites for hydroxylation is 2. The second-order valence-corrected chi connectivity index (χ2v) is 8.93. The minimum atomic E-state index is -0.572. The van der Waals surface area contributed by atoms with Gasteiger partial charge in [0.15, 0.2) is 0 Å². The zero-order valence-electron chi connectivity index (χ0n) is 19.3. The summed E-state index contributed by atoms with van der Waals surface area (Å²) < 4.78 is 20.1. The molecule has 5 rings (SSSR count). The summed E-state index contributed by atoms with van der Waals surface area (Å²) in [5.74, 6) is 0.296. The number of amides is 2. The van der Waals surface area contributed by atoms with Gasteiger partial charge in [0, 0.05) is 16.3 Å². The SMILES string of the molecule is CC1=C(c2nc(-c3cccc(C)c3)no2)C(c2ccc(Cl)cc2)NC(=O)N1c1ccc(C)c(F)c1. The fourth-order valence-corrected chi connectivity index (χ4v) is 4.32. The molecule has 0 saturated heterocycles. The second kappa shape index (κ2) is 9.00. The average Bonchev–Trinajstić information content (AvgIpc) is 3.31. The lowest BCUT2D eigenvalue weighted by molar-refractivity contribution is 0.244. The fraction of sp³-hybridized carbons (Fsp3) is 0.148. The van der Waals surface area contributed by atoms with Crippen LogP contribution in [0.3, 0.4) is 0 Å². The molecular weight excluding hydrogens is 467 g/mol. The van der Waals surface area contributed by atoms with Gasteiger partial charge in [-0.05, 0) is 62.2 Å². The molecular formula is C27H22ClFN4O2. The lowest BCUT2D eigenvalue weighted by Gasteiger charge is -2.35. The molecule has 1 aromatic heterocycles. The molecule has 4 aromatic rings. The van der Waals surface area contributed by atoms with Gasteiger partial charge in [-0.3, -0.25) is 4.90 Å². The summed E-state index contributed by atoms with van der Waals surface area (Å²) in [4.78, 5) is 19.3. The molecule has 1 N–H and O–H groups in total. The fourth-order valence-electron chi connectivity index (χ4n) is 4.19. The molecule has 176 valence electrons. The summed E-state index contributed by atoms with van der Waals surface area (Å²) in [6.07, 6.45) is 0. The smallest absolute Gasteiger partial charge is 0.327 e. The molecule has 35 heavy (non-hydrogen) atoms. The van der Waals surface area contributed by atoms with Crippen molar-refractivity contribution in [3.63, 3.8) is 0 Å². The Balaban J connectivity index is 1.66. The highest BCUT2D eigenvalue weighted by atomic mass is 35.5. The first-order chi connectivity index (χ1) is 16.8. The molecule has 1 atom stereocenters. The minimum Gasteiger partial charge on any atom is -0.334 e. The van der Waals surface area contributed by atoms with E-state index in [9.17, 15) is 9.18 Å². The molecule has 0 aliphatic carbocycles. The largest absolute Gasteiger partial charge is 0.334 e. The minimum absolute atomic E-state index is 0.261. The molecule has 0 fully saturated rings. The number of aromatic nitrogens is 2. The summed E-state index contributed by atoms with van der Waals surface area (Å²) in [6.45, 7) is 5.44. The topological polar surface area (TPSA) is 71.3 Å². The number of anilines is 1. The zero-order chi connectivity index (χ0) is 24.7. The Labute approximate surface area is 207 Å². The Bertz CT molecular complexity index is 1460. The normalized spacial score (nSPS) is 16.0. The van der Waals surface area contributed by atoms with Crippen LogP contribution in [0.4, 0.5) is 14.9 Å². The van der Waals surface area contributed by atoms with E-state index in [1.54, 1.807) is 38.1 Å². The number of benzene rings is 3. The van der Waals surface area contributed by atoms with Gasteiger partial charge in [-0.1, -0.05) is 58.7 Å². The lowest BCUT2D eigenvalue weighted by atomic mass is 9.94. The predicted molar refractivity (Wildman–Crippen MR) is 133 cm³/mol. The maximum atomic E-state index is 14.4. The first-order valence-electron chi connectivity index (χ1n) is 11.1. The Morgan fingerprint density at radius 3 is 2.51 bits per heavy atom. The van der Waals surface area contributed by atoms with Gasteiger partial charge >= 0.3 is 6.03 Å². The number of allylic oxidation sites excluding steroid dienone is 1. The molecule has 2 amide bonds. The van der Waals surface area contributed by atoms with Crippen molar-refractivity contribution in [2.24, 2.45) is 0 Å². The van der Waals surface area contributed by atoms with Crippen molar-refractivity contribution in [3.8, 4) is 11.4 Å². The van der Waals surface area contributed by atoms with E-state index in [4.69, 9.17) is 16.1 Å². The van der Waals surface area contributed by atoms with Crippen LogP contribution in [-0.4, -0.2) is 16.2 Å².